The second-order valence-corrected chi connectivity index (χ2v) is 4.44. The standard InChI is InChI=1S/C12H18N2O3/c1-9-7-10(17-13-9)8-14-6-4-3-5-11(14)12(15)16-2/h7,11H,3-6,8H2,1-2H3. The van der Waals surface area contributed by atoms with E-state index in [0.717, 1.165) is 37.3 Å². The first-order valence-electron chi connectivity index (χ1n) is 5.95. The van der Waals surface area contributed by atoms with Gasteiger partial charge in [0.1, 0.15) is 6.04 Å². The van der Waals surface area contributed by atoms with Gasteiger partial charge in [-0.15, -0.1) is 0 Å². The van der Waals surface area contributed by atoms with E-state index in [9.17, 15) is 4.79 Å². The summed E-state index contributed by atoms with van der Waals surface area (Å²) in [6.07, 6.45) is 3.05. The Morgan fingerprint density at radius 2 is 2.47 bits per heavy atom. The van der Waals surface area contributed by atoms with Gasteiger partial charge in [-0.1, -0.05) is 11.6 Å². The number of hydrogen-bond donors (Lipinski definition) is 0. The number of carbonyl (C=O) groups is 1. The number of likely N-dealkylation sites (tertiary alicyclic amines) is 1. The Labute approximate surface area is 101 Å². The highest BCUT2D eigenvalue weighted by molar-refractivity contribution is 5.75. The Balaban J connectivity index is 2.03. The lowest BCUT2D eigenvalue weighted by atomic mass is 10.0. The maximum Gasteiger partial charge on any atom is 0.323 e. The number of piperidine rings is 1. The van der Waals surface area contributed by atoms with Crippen molar-refractivity contribution in [3.05, 3.63) is 17.5 Å². The largest absolute Gasteiger partial charge is 0.468 e. The summed E-state index contributed by atoms with van der Waals surface area (Å²) in [5.41, 5.74) is 0.867. The van der Waals surface area contributed by atoms with E-state index in [2.05, 4.69) is 10.1 Å². The van der Waals surface area contributed by atoms with Gasteiger partial charge in [-0.2, -0.15) is 0 Å². The number of nitrogens with zero attached hydrogens (tertiary/aromatic N) is 2. The molecule has 1 aromatic rings. The molecule has 1 atom stereocenters. The van der Waals surface area contributed by atoms with E-state index in [-0.39, 0.29) is 12.0 Å². The number of esters is 1. The van der Waals surface area contributed by atoms with Gasteiger partial charge in [0.05, 0.1) is 19.3 Å². The smallest absolute Gasteiger partial charge is 0.323 e. The van der Waals surface area contributed by atoms with Crippen molar-refractivity contribution < 1.29 is 14.1 Å². The molecule has 94 valence electrons. The van der Waals surface area contributed by atoms with Gasteiger partial charge in [0.25, 0.3) is 0 Å². The lowest BCUT2D eigenvalue weighted by molar-refractivity contribution is -0.148. The molecular formula is C12H18N2O3. The van der Waals surface area contributed by atoms with Crippen LogP contribution >= 0.6 is 0 Å². The van der Waals surface area contributed by atoms with Gasteiger partial charge in [0, 0.05) is 6.07 Å². The minimum atomic E-state index is -0.152. The summed E-state index contributed by atoms with van der Waals surface area (Å²) in [4.78, 5) is 13.8. The molecule has 0 aromatic carbocycles. The topological polar surface area (TPSA) is 55.6 Å². The van der Waals surface area contributed by atoms with Crippen LogP contribution in [0, 0.1) is 6.92 Å². The van der Waals surface area contributed by atoms with E-state index in [4.69, 9.17) is 9.26 Å². The molecule has 0 radical (unpaired) electrons. The summed E-state index contributed by atoms with van der Waals surface area (Å²) in [7, 11) is 1.44. The summed E-state index contributed by atoms with van der Waals surface area (Å²) < 4.78 is 10.0. The van der Waals surface area contributed by atoms with Crippen LogP contribution in [-0.2, 0) is 16.1 Å². The van der Waals surface area contributed by atoms with Crippen LogP contribution in [0.1, 0.15) is 30.7 Å². The zero-order valence-corrected chi connectivity index (χ0v) is 10.3. The molecule has 0 spiro atoms. The van der Waals surface area contributed by atoms with Gasteiger partial charge in [0.15, 0.2) is 5.76 Å². The first-order valence-corrected chi connectivity index (χ1v) is 5.95. The van der Waals surface area contributed by atoms with Gasteiger partial charge in [0.2, 0.25) is 0 Å². The molecule has 0 saturated carbocycles. The number of hydrogen-bond acceptors (Lipinski definition) is 5. The van der Waals surface area contributed by atoms with E-state index in [0.29, 0.717) is 6.54 Å². The van der Waals surface area contributed by atoms with E-state index in [1.807, 2.05) is 13.0 Å². The first-order chi connectivity index (χ1) is 8.20. The van der Waals surface area contributed by atoms with Gasteiger partial charge in [-0.25, -0.2) is 0 Å². The third-order valence-corrected chi connectivity index (χ3v) is 3.12. The molecule has 5 nitrogen and oxygen atoms in total. The predicted octanol–water partition coefficient (Wildman–Crippen LogP) is 1.51. The molecule has 1 fully saturated rings. The maximum absolute atomic E-state index is 11.7. The highest BCUT2D eigenvalue weighted by atomic mass is 16.5. The molecule has 2 rings (SSSR count). The fraction of sp³-hybridized carbons (Fsp3) is 0.667. The van der Waals surface area contributed by atoms with Gasteiger partial charge in [-0.3, -0.25) is 9.69 Å². The van der Waals surface area contributed by atoms with Gasteiger partial charge < -0.3 is 9.26 Å². The zero-order chi connectivity index (χ0) is 12.3. The van der Waals surface area contributed by atoms with Crippen molar-refractivity contribution in [1.82, 2.24) is 10.1 Å². The van der Waals surface area contributed by atoms with Crippen LogP contribution in [0.4, 0.5) is 0 Å². The summed E-state index contributed by atoms with van der Waals surface area (Å²) in [6, 6.07) is 1.77. The van der Waals surface area contributed by atoms with Crippen molar-refractivity contribution in [1.29, 1.82) is 0 Å². The molecule has 1 saturated heterocycles. The van der Waals surface area contributed by atoms with Crippen molar-refractivity contribution in [2.24, 2.45) is 0 Å². The summed E-state index contributed by atoms with van der Waals surface area (Å²) >= 11 is 0. The van der Waals surface area contributed by atoms with E-state index in [1.165, 1.54) is 7.11 Å². The van der Waals surface area contributed by atoms with Crippen LogP contribution < -0.4 is 0 Å². The summed E-state index contributed by atoms with van der Waals surface area (Å²) in [6.45, 7) is 3.42. The molecule has 17 heavy (non-hydrogen) atoms. The number of carbonyl (C=O) groups excluding carboxylic acids is 1. The molecule has 0 aliphatic carbocycles. The van der Waals surface area contributed by atoms with Crippen LogP contribution in [0.15, 0.2) is 10.6 Å². The molecule has 0 N–H and O–H groups in total. The lowest BCUT2D eigenvalue weighted by Crippen LogP contribution is -2.44. The molecular weight excluding hydrogens is 220 g/mol. The van der Waals surface area contributed by atoms with Crippen LogP contribution in [0.2, 0.25) is 0 Å². The normalized spacial score (nSPS) is 21.4. The van der Waals surface area contributed by atoms with Crippen molar-refractivity contribution in [2.75, 3.05) is 13.7 Å². The molecule has 0 amide bonds. The lowest BCUT2D eigenvalue weighted by Gasteiger charge is -2.32. The van der Waals surface area contributed by atoms with Crippen molar-refractivity contribution in [3.8, 4) is 0 Å². The number of aromatic nitrogens is 1. The number of ether oxygens (including phenoxy) is 1. The van der Waals surface area contributed by atoms with E-state index < -0.39 is 0 Å². The van der Waals surface area contributed by atoms with E-state index in [1.54, 1.807) is 0 Å². The Hall–Kier alpha value is -1.36. The first kappa shape index (κ1) is 12.1. The zero-order valence-electron chi connectivity index (χ0n) is 10.3. The monoisotopic (exact) mass is 238 g/mol. The average molecular weight is 238 g/mol. The van der Waals surface area contributed by atoms with Crippen molar-refractivity contribution >= 4 is 5.97 Å². The SMILES string of the molecule is COC(=O)C1CCCCN1Cc1cc(C)no1. The van der Waals surface area contributed by atoms with Crippen LogP contribution in [0.25, 0.3) is 0 Å². The molecule has 5 heteroatoms. The van der Waals surface area contributed by atoms with E-state index >= 15 is 0 Å². The Bertz CT molecular complexity index is 389. The Kier molecular flexibility index (Phi) is 3.78. The Morgan fingerprint density at radius 3 is 3.12 bits per heavy atom. The number of methoxy groups -OCH3 is 1. The minimum absolute atomic E-state index is 0.140. The molecule has 1 aliphatic rings. The Morgan fingerprint density at radius 1 is 1.65 bits per heavy atom. The number of rotatable bonds is 3. The molecule has 1 aromatic heterocycles. The second-order valence-electron chi connectivity index (χ2n) is 4.44. The molecule has 1 aliphatic heterocycles. The van der Waals surface area contributed by atoms with Gasteiger partial charge in [-0.05, 0) is 26.3 Å². The highest BCUT2D eigenvalue weighted by Crippen LogP contribution is 2.20. The minimum Gasteiger partial charge on any atom is -0.468 e. The summed E-state index contributed by atoms with van der Waals surface area (Å²) in [5, 5.41) is 3.85. The average Bonchev–Trinajstić information content (AvgIpc) is 2.74. The molecule has 1 unspecified atom stereocenters. The van der Waals surface area contributed by atoms with Crippen molar-refractivity contribution in [2.45, 2.75) is 38.8 Å². The van der Waals surface area contributed by atoms with Crippen LogP contribution in [0.5, 0.6) is 0 Å². The summed E-state index contributed by atoms with van der Waals surface area (Å²) in [5.74, 6) is 0.652. The molecule has 2 heterocycles. The molecule has 0 bridgehead atoms. The quantitative estimate of drug-likeness (QED) is 0.747. The number of aryl methyl sites for hydroxylation is 1. The van der Waals surface area contributed by atoms with Crippen LogP contribution in [0.3, 0.4) is 0 Å². The van der Waals surface area contributed by atoms with Crippen molar-refractivity contribution in [3.63, 3.8) is 0 Å². The fourth-order valence-electron chi connectivity index (χ4n) is 2.27. The maximum atomic E-state index is 11.7. The third-order valence-electron chi connectivity index (χ3n) is 3.12. The fourth-order valence-corrected chi connectivity index (χ4v) is 2.27. The third kappa shape index (κ3) is 2.85. The van der Waals surface area contributed by atoms with Crippen LogP contribution in [-0.4, -0.2) is 35.7 Å². The predicted molar refractivity (Wildman–Crippen MR) is 61.3 cm³/mol. The highest BCUT2D eigenvalue weighted by Gasteiger charge is 2.30. The van der Waals surface area contributed by atoms with Gasteiger partial charge >= 0.3 is 5.97 Å². The second kappa shape index (κ2) is 5.31.